The number of sulfone groups is 1. The topological polar surface area (TPSA) is 74.6 Å². The third-order valence-electron chi connectivity index (χ3n) is 3.01. The Labute approximate surface area is 116 Å². The highest BCUT2D eigenvalue weighted by atomic mass is 79.9. The molecule has 0 amide bonds. The van der Waals surface area contributed by atoms with Gasteiger partial charge in [0.25, 0.3) is 0 Å². The van der Waals surface area contributed by atoms with Crippen molar-refractivity contribution in [3.8, 4) is 0 Å². The van der Waals surface area contributed by atoms with Crippen molar-refractivity contribution in [3.63, 3.8) is 0 Å². The molecule has 2 N–H and O–H groups in total. The van der Waals surface area contributed by atoms with Crippen LogP contribution in [0.15, 0.2) is 28.7 Å². The van der Waals surface area contributed by atoms with E-state index in [1.807, 2.05) is 0 Å². The van der Waals surface area contributed by atoms with E-state index in [4.69, 9.17) is 0 Å². The van der Waals surface area contributed by atoms with Gasteiger partial charge < -0.3 is 10.2 Å². The predicted molar refractivity (Wildman–Crippen MR) is 74.3 cm³/mol. The van der Waals surface area contributed by atoms with Crippen LogP contribution in [0.5, 0.6) is 0 Å². The predicted octanol–water partition coefficient (Wildman–Crippen LogP) is 1.11. The minimum Gasteiger partial charge on any atom is -0.395 e. The molecule has 0 spiro atoms. The molecule has 4 nitrogen and oxygen atoms in total. The molecule has 1 aromatic carbocycles. The first-order valence-electron chi connectivity index (χ1n) is 5.48. The first kappa shape index (κ1) is 15.6. The summed E-state index contributed by atoms with van der Waals surface area (Å²) in [5.41, 5.74) is -0.177. The molecule has 0 aliphatic heterocycles. The summed E-state index contributed by atoms with van der Waals surface area (Å²) < 4.78 is 23.3. The van der Waals surface area contributed by atoms with Crippen LogP contribution in [0.1, 0.15) is 12.0 Å². The fourth-order valence-corrected chi connectivity index (χ4v) is 2.75. The van der Waals surface area contributed by atoms with E-state index in [-0.39, 0.29) is 25.4 Å². The zero-order valence-corrected chi connectivity index (χ0v) is 12.5. The molecule has 0 heterocycles. The highest BCUT2D eigenvalue weighted by Crippen LogP contribution is 2.29. The summed E-state index contributed by atoms with van der Waals surface area (Å²) in [4.78, 5) is 0. The Bertz CT molecular complexity index is 477. The fourth-order valence-electron chi connectivity index (χ4n) is 1.72. The summed E-state index contributed by atoms with van der Waals surface area (Å²) >= 11 is 3.31. The number of rotatable bonds is 6. The van der Waals surface area contributed by atoms with Gasteiger partial charge in [0, 0.05) is 16.1 Å². The van der Waals surface area contributed by atoms with Crippen LogP contribution in [0.4, 0.5) is 0 Å². The Hall–Kier alpha value is -0.430. The van der Waals surface area contributed by atoms with E-state index < -0.39 is 15.3 Å². The molecule has 0 fully saturated rings. The molecular weight excluding hydrogens is 320 g/mol. The summed E-state index contributed by atoms with van der Waals surface area (Å²) in [6.07, 6.45) is 1.34. The Morgan fingerprint density at radius 3 is 2.06 bits per heavy atom. The van der Waals surface area contributed by atoms with Gasteiger partial charge in [-0.05, 0) is 24.1 Å². The van der Waals surface area contributed by atoms with Gasteiger partial charge in [0.15, 0.2) is 0 Å². The van der Waals surface area contributed by atoms with Crippen molar-refractivity contribution in [2.45, 2.75) is 11.8 Å². The molecule has 0 saturated carbocycles. The molecule has 6 heteroatoms. The van der Waals surface area contributed by atoms with Crippen LogP contribution in [0.2, 0.25) is 0 Å². The van der Waals surface area contributed by atoms with Crippen molar-refractivity contribution in [3.05, 3.63) is 34.3 Å². The smallest absolute Gasteiger partial charge is 0.147 e. The van der Waals surface area contributed by atoms with Crippen LogP contribution >= 0.6 is 15.9 Å². The summed E-state index contributed by atoms with van der Waals surface area (Å²) in [5, 5.41) is 19.1. The third kappa shape index (κ3) is 4.05. The van der Waals surface area contributed by atoms with Crippen LogP contribution in [-0.4, -0.2) is 43.9 Å². The Kier molecular flexibility index (Phi) is 5.33. The first-order valence-corrected chi connectivity index (χ1v) is 8.34. The summed E-state index contributed by atoms with van der Waals surface area (Å²) in [6, 6.07) is 7.16. The van der Waals surface area contributed by atoms with Gasteiger partial charge in [-0.1, -0.05) is 28.1 Å². The lowest BCUT2D eigenvalue weighted by Crippen LogP contribution is -2.36. The summed E-state index contributed by atoms with van der Waals surface area (Å²) in [7, 11) is -3.13. The van der Waals surface area contributed by atoms with Crippen molar-refractivity contribution in [2.24, 2.45) is 0 Å². The highest BCUT2D eigenvalue weighted by Gasteiger charge is 2.31. The van der Waals surface area contributed by atoms with E-state index >= 15 is 0 Å². The average Bonchev–Trinajstić information content (AvgIpc) is 2.32. The summed E-state index contributed by atoms with van der Waals surface area (Å²) in [6.45, 7) is -0.582. The first-order chi connectivity index (χ1) is 8.33. The number of aliphatic hydroxyl groups is 2. The van der Waals surface area contributed by atoms with E-state index in [0.717, 1.165) is 16.3 Å². The molecule has 0 aliphatic rings. The minimum absolute atomic E-state index is 0.0653. The second kappa shape index (κ2) is 6.14. The molecule has 0 bridgehead atoms. The monoisotopic (exact) mass is 336 g/mol. The van der Waals surface area contributed by atoms with Crippen LogP contribution in [-0.2, 0) is 15.3 Å². The van der Waals surface area contributed by atoms with Gasteiger partial charge in [-0.3, -0.25) is 0 Å². The standard InChI is InChI=1S/C12H17BrO4S/c1-18(16,17)7-6-12(8-14,9-15)10-2-4-11(13)5-3-10/h2-5,14-15H,6-9H2,1H3. The maximum absolute atomic E-state index is 11.2. The molecule has 1 aromatic rings. The molecule has 102 valence electrons. The maximum atomic E-state index is 11.2. The van der Waals surface area contributed by atoms with Crippen LogP contribution in [0.25, 0.3) is 0 Å². The van der Waals surface area contributed by atoms with Crippen molar-refractivity contribution >= 4 is 25.8 Å². The Morgan fingerprint density at radius 1 is 1.17 bits per heavy atom. The SMILES string of the molecule is CS(=O)(=O)CCC(CO)(CO)c1ccc(Br)cc1. The number of hydrogen-bond acceptors (Lipinski definition) is 4. The van der Waals surface area contributed by atoms with Crippen LogP contribution < -0.4 is 0 Å². The summed E-state index contributed by atoms with van der Waals surface area (Å²) in [5.74, 6) is -0.0653. The van der Waals surface area contributed by atoms with Gasteiger partial charge in [-0.2, -0.15) is 0 Å². The molecule has 0 aliphatic carbocycles. The molecule has 18 heavy (non-hydrogen) atoms. The number of hydrogen-bond donors (Lipinski definition) is 2. The number of halogens is 1. The lowest BCUT2D eigenvalue weighted by Gasteiger charge is -2.30. The Balaban J connectivity index is 3.02. The van der Waals surface area contributed by atoms with Gasteiger partial charge in [0.2, 0.25) is 0 Å². The molecular formula is C12H17BrO4S. The maximum Gasteiger partial charge on any atom is 0.147 e. The van der Waals surface area contributed by atoms with Gasteiger partial charge in [-0.15, -0.1) is 0 Å². The van der Waals surface area contributed by atoms with E-state index in [2.05, 4.69) is 15.9 Å². The zero-order chi connectivity index (χ0) is 13.8. The second-order valence-electron chi connectivity index (χ2n) is 4.48. The van der Waals surface area contributed by atoms with Gasteiger partial charge >= 0.3 is 0 Å². The van der Waals surface area contributed by atoms with Crippen molar-refractivity contribution in [1.82, 2.24) is 0 Å². The molecule has 0 saturated heterocycles. The van der Waals surface area contributed by atoms with Gasteiger partial charge in [-0.25, -0.2) is 8.42 Å². The Morgan fingerprint density at radius 2 is 1.67 bits per heavy atom. The average molecular weight is 337 g/mol. The van der Waals surface area contributed by atoms with E-state index in [1.165, 1.54) is 0 Å². The van der Waals surface area contributed by atoms with Crippen molar-refractivity contribution in [2.75, 3.05) is 25.2 Å². The van der Waals surface area contributed by atoms with E-state index in [0.29, 0.717) is 0 Å². The molecule has 0 atom stereocenters. The third-order valence-corrected chi connectivity index (χ3v) is 4.49. The van der Waals surface area contributed by atoms with E-state index in [1.54, 1.807) is 24.3 Å². The number of benzene rings is 1. The van der Waals surface area contributed by atoms with E-state index in [9.17, 15) is 18.6 Å². The van der Waals surface area contributed by atoms with Gasteiger partial charge in [0.05, 0.1) is 19.0 Å². The largest absolute Gasteiger partial charge is 0.395 e. The molecule has 0 aromatic heterocycles. The second-order valence-corrected chi connectivity index (χ2v) is 7.66. The van der Waals surface area contributed by atoms with Gasteiger partial charge in [0.1, 0.15) is 9.84 Å². The van der Waals surface area contributed by atoms with Crippen molar-refractivity contribution in [1.29, 1.82) is 0 Å². The lowest BCUT2D eigenvalue weighted by molar-refractivity contribution is 0.114. The fraction of sp³-hybridized carbons (Fsp3) is 0.500. The number of aliphatic hydroxyl groups excluding tert-OH is 2. The zero-order valence-electron chi connectivity index (χ0n) is 10.1. The van der Waals surface area contributed by atoms with Crippen molar-refractivity contribution < 1.29 is 18.6 Å². The van der Waals surface area contributed by atoms with Crippen LogP contribution in [0, 0.1) is 0 Å². The molecule has 0 unspecified atom stereocenters. The minimum atomic E-state index is -3.13. The van der Waals surface area contributed by atoms with Crippen LogP contribution in [0.3, 0.4) is 0 Å². The quantitative estimate of drug-likeness (QED) is 0.815. The molecule has 0 radical (unpaired) electrons. The molecule has 1 rings (SSSR count). The highest BCUT2D eigenvalue weighted by molar-refractivity contribution is 9.10. The lowest BCUT2D eigenvalue weighted by atomic mass is 9.79. The normalized spacial score (nSPS) is 12.7.